The van der Waals surface area contributed by atoms with E-state index in [-0.39, 0.29) is 23.8 Å². The first-order chi connectivity index (χ1) is 14.7. The van der Waals surface area contributed by atoms with Crippen LogP contribution in [0, 0.1) is 11.3 Å². The second-order valence-corrected chi connectivity index (χ2v) is 8.86. The lowest BCUT2D eigenvalue weighted by Crippen LogP contribution is -2.45. The number of nitrogens with zero attached hydrogens (tertiary/aromatic N) is 1. The summed E-state index contributed by atoms with van der Waals surface area (Å²) < 4.78 is 0. The summed E-state index contributed by atoms with van der Waals surface area (Å²) in [6.07, 6.45) is 1.49. The number of benzene rings is 2. The zero-order valence-corrected chi connectivity index (χ0v) is 18.3. The van der Waals surface area contributed by atoms with E-state index in [0.717, 1.165) is 18.5 Å². The van der Waals surface area contributed by atoms with Crippen LogP contribution in [0.1, 0.15) is 33.6 Å². The van der Waals surface area contributed by atoms with Crippen LogP contribution < -0.4 is 16.0 Å². The van der Waals surface area contributed by atoms with Crippen molar-refractivity contribution in [2.24, 2.45) is 11.3 Å². The molecule has 164 valence electrons. The SMILES string of the molecule is CC(C)(C)C(=O)Nc1cccc(NC(=O)C2CCCN(C(=O)Nc3ccccc3)C2)c1. The Kier molecular flexibility index (Phi) is 6.95. The molecule has 0 aromatic heterocycles. The van der Waals surface area contributed by atoms with Gasteiger partial charge in [-0.05, 0) is 43.2 Å². The molecule has 7 heteroatoms. The van der Waals surface area contributed by atoms with Crippen LogP contribution in [0.15, 0.2) is 54.6 Å². The van der Waals surface area contributed by atoms with Gasteiger partial charge in [0.05, 0.1) is 5.92 Å². The number of carbonyl (C=O) groups is 3. The Morgan fingerprint density at radius 3 is 2.19 bits per heavy atom. The molecule has 31 heavy (non-hydrogen) atoms. The fraction of sp³-hybridized carbons (Fsp3) is 0.375. The van der Waals surface area contributed by atoms with Gasteiger partial charge < -0.3 is 20.9 Å². The van der Waals surface area contributed by atoms with E-state index in [1.54, 1.807) is 29.2 Å². The third-order valence-corrected chi connectivity index (χ3v) is 5.17. The number of rotatable bonds is 4. The van der Waals surface area contributed by atoms with Crippen molar-refractivity contribution in [3.63, 3.8) is 0 Å². The molecule has 2 aromatic carbocycles. The summed E-state index contributed by atoms with van der Waals surface area (Å²) in [5.41, 5.74) is 1.46. The van der Waals surface area contributed by atoms with Crippen LogP contribution in [0.5, 0.6) is 0 Å². The van der Waals surface area contributed by atoms with Gasteiger partial charge in [0.1, 0.15) is 0 Å². The van der Waals surface area contributed by atoms with Crippen LogP contribution in [0.3, 0.4) is 0 Å². The van der Waals surface area contributed by atoms with Crippen LogP contribution in [-0.2, 0) is 9.59 Å². The standard InChI is InChI=1S/C24H30N4O3/c1-24(2,3)22(30)26-20-13-7-12-19(15-20)25-21(29)17-9-8-14-28(16-17)23(31)27-18-10-5-4-6-11-18/h4-7,10-13,15,17H,8-9,14,16H2,1-3H3,(H,25,29)(H,26,30)(H,27,31). The Labute approximate surface area is 183 Å². The summed E-state index contributed by atoms with van der Waals surface area (Å²) in [5, 5.41) is 8.67. The third kappa shape index (κ3) is 6.31. The number of hydrogen-bond donors (Lipinski definition) is 3. The monoisotopic (exact) mass is 422 g/mol. The van der Waals surface area contributed by atoms with Crippen molar-refractivity contribution in [1.29, 1.82) is 0 Å². The number of nitrogens with one attached hydrogen (secondary N) is 3. The second kappa shape index (κ2) is 9.64. The van der Waals surface area contributed by atoms with Gasteiger partial charge in [0.25, 0.3) is 0 Å². The van der Waals surface area contributed by atoms with Crippen molar-refractivity contribution in [3.05, 3.63) is 54.6 Å². The molecule has 1 fully saturated rings. The molecule has 1 aliphatic rings. The molecule has 0 aliphatic carbocycles. The number of piperidine rings is 1. The van der Waals surface area contributed by atoms with E-state index < -0.39 is 5.41 Å². The molecule has 0 bridgehead atoms. The normalized spacial score (nSPS) is 16.4. The van der Waals surface area contributed by atoms with Crippen LogP contribution >= 0.6 is 0 Å². The average molecular weight is 423 g/mol. The number of anilines is 3. The summed E-state index contributed by atoms with van der Waals surface area (Å²) in [4.78, 5) is 39.3. The maximum atomic E-state index is 12.8. The lowest BCUT2D eigenvalue weighted by atomic mass is 9.95. The third-order valence-electron chi connectivity index (χ3n) is 5.17. The van der Waals surface area contributed by atoms with Crippen molar-refractivity contribution < 1.29 is 14.4 Å². The summed E-state index contributed by atoms with van der Waals surface area (Å²) in [7, 11) is 0. The fourth-order valence-corrected chi connectivity index (χ4v) is 3.34. The number of carbonyl (C=O) groups excluding carboxylic acids is 3. The van der Waals surface area contributed by atoms with Crippen molar-refractivity contribution in [1.82, 2.24) is 4.90 Å². The molecule has 0 radical (unpaired) electrons. The van der Waals surface area contributed by atoms with E-state index in [1.807, 2.05) is 51.1 Å². The zero-order valence-electron chi connectivity index (χ0n) is 18.3. The quantitative estimate of drug-likeness (QED) is 0.675. The van der Waals surface area contributed by atoms with Gasteiger partial charge in [-0.15, -0.1) is 0 Å². The second-order valence-electron chi connectivity index (χ2n) is 8.86. The van der Waals surface area contributed by atoms with Crippen molar-refractivity contribution >= 4 is 34.9 Å². The number of hydrogen-bond acceptors (Lipinski definition) is 3. The first-order valence-electron chi connectivity index (χ1n) is 10.6. The maximum Gasteiger partial charge on any atom is 0.321 e. The van der Waals surface area contributed by atoms with Gasteiger partial charge in [-0.1, -0.05) is 45.0 Å². The first-order valence-corrected chi connectivity index (χ1v) is 10.6. The van der Waals surface area contributed by atoms with Gasteiger partial charge in [0, 0.05) is 35.6 Å². The molecule has 0 spiro atoms. The molecule has 1 aliphatic heterocycles. The predicted octanol–water partition coefficient (Wildman–Crippen LogP) is 4.55. The number of amides is 4. The summed E-state index contributed by atoms with van der Waals surface area (Å²) in [6, 6.07) is 16.2. The highest BCUT2D eigenvalue weighted by atomic mass is 16.2. The molecule has 1 heterocycles. The van der Waals surface area contributed by atoms with Gasteiger partial charge >= 0.3 is 6.03 Å². The van der Waals surface area contributed by atoms with E-state index in [2.05, 4.69) is 16.0 Å². The Balaban J connectivity index is 1.58. The van der Waals surface area contributed by atoms with E-state index in [4.69, 9.17) is 0 Å². The number of para-hydroxylation sites is 1. The molecule has 3 N–H and O–H groups in total. The summed E-state index contributed by atoms with van der Waals surface area (Å²) in [6.45, 7) is 6.52. The Bertz CT molecular complexity index is 937. The molecule has 1 atom stereocenters. The average Bonchev–Trinajstić information content (AvgIpc) is 2.74. The first kappa shape index (κ1) is 22.3. The van der Waals surface area contributed by atoms with Gasteiger partial charge in [-0.2, -0.15) is 0 Å². The van der Waals surface area contributed by atoms with Crippen molar-refractivity contribution in [2.45, 2.75) is 33.6 Å². The highest BCUT2D eigenvalue weighted by Crippen LogP contribution is 2.23. The van der Waals surface area contributed by atoms with Gasteiger partial charge in [0.15, 0.2) is 0 Å². The molecule has 2 aromatic rings. The number of likely N-dealkylation sites (tertiary alicyclic amines) is 1. The van der Waals surface area contributed by atoms with Crippen LogP contribution in [0.2, 0.25) is 0 Å². The van der Waals surface area contributed by atoms with E-state index in [1.165, 1.54) is 0 Å². The van der Waals surface area contributed by atoms with Crippen molar-refractivity contribution in [2.75, 3.05) is 29.0 Å². The van der Waals surface area contributed by atoms with E-state index >= 15 is 0 Å². The van der Waals surface area contributed by atoms with E-state index in [0.29, 0.717) is 24.5 Å². The lowest BCUT2D eigenvalue weighted by Gasteiger charge is -2.32. The molecule has 1 saturated heterocycles. The molecule has 3 rings (SSSR count). The van der Waals surface area contributed by atoms with Gasteiger partial charge in [-0.25, -0.2) is 4.79 Å². The highest BCUT2D eigenvalue weighted by Gasteiger charge is 2.28. The minimum absolute atomic E-state index is 0.0941. The van der Waals surface area contributed by atoms with Crippen LogP contribution in [0.4, 0.5) is 21.9 Å². The Morgan fingerprint density at radius 1 is 0.871 bits per heavy atom. The molecule has 7 nitrogen and oxygen atoms in total. The van der Waals surface area contributed by atoms with Gasteiger partial charge in [0.2, 0.25) is 11.8 Å². The molecular formula is C24H30N4O3. The fourth-order valence-electron chi connectivity index (χ4n) is 3.34. The Hall–Kier alpha value is -3.35. The topological polar surface area (TPSA) is 90.5 Å². The lowest BCUT2D eigenvalue weighted by molar-refractivity contribution is -0.123. The minimum Gasteiger partial charge on any atom is -0.326 e. The van der Waals surface area contributed by atoms with E-state index in [9.17, 15) is 14.4 Å². The largest absolute Gasteiger partial charge is 0.326 e. The predicted molar refractivity (Wildman–Crippen MR) is 123 cm³/mol. The highest BCUT2D eigenvalue weighted by molar-refractivity contribution is 5.97. The minimum atomic E-state index is -0.509. The maximum absolute atomic E-state index is 12.8. The molecule has 4 amide bonds. The van der Waals surface area contributed by atoms with Crippen LogP contribution in [0.25, 0.3) is 0 Å². The number of urea groups is 1. The summed E-state index contributed by atoms with van der Waals surface area (Å²) >= 11 is 0. The molecule has 0 saturated carbocycles. The summed E-state index contributed by atoms with van der Waals surface area (Å²) in [5.74, 6) is -0.511. The van der Waals surface area contributed by atoms with Gasteiger partial charge in [-0.3, -0.25) is 9.59 Å². The smallest absolute Gasteiger partial charge is 0.321 e. The van der Waals surface area contributed by atoms with Crippen LogP contribution in [-0.4, -0.2) is 35.8 Å². The van der Waals surface area contributed by atoms with Crippen molar-refractivity contribution in [3.8, 4) is 0 Å². The molecular weight excluding hydrogens is 392 g/mol. The molecule has 1 unspecified atom stereocenters. The Morgan fingerprint density at radius 2 is 1.52 bits per heavy atom. The zero-order chi connectivity index (χ0) is 22.4.